The van der Waals surface area contributed by atoms with E-state index in [1.165, 1.54) is 11.8 Å². The topological polar surface area (TPSA) is 57.0 Å². The second-order valence-electron chi connectivity index (χ2n) is 6.90. The summed E-state index contributed by atoms with van der Waals surface area (Å²) in [6.07, 6.45) is 0. The number of ketones is 1. The fraction of sp³-hybridized carbons (Fsp3) is 0.125. The lowest BCUT2D eigenvalue weighted by atomic mass is 10.1. The second kappa shape index (κ2) is 9.37. The first kappa shape index (κ1) is 21.2. The van der Waals surface area contributed by atoms with Crippen molar-refractivity contribution in [3.63, 3.8) is 0 Å². The molecular formula is C24H20ClN3O2S. The third-order valence-electron chi connectivity index (χ3n) is 4.75. The van der Waals surface area contributed by atoms with E-state index in [-0.39, 0.29) is 11.5 Å². The fourth-order valence-electron chi connectivity index (χ4n) is 3.19. The standard InChI is InChI=1S/C24H20ClN3O2S/c1-16-10-12-19(13-11-16)28-23(17-6-5-7-18(25)14-17)26-27-24(28)31-15-21(29)20-8-3-4-9-22(20)30-2/h3-14H,15H2,1-2H3. The Morgan fingerprint density at radius 3 is 2.55 bits per heavy atom. The third-order valence-corrected chi connectivity index (χ3v) is 5.91. The summed E-state index contributed by atoms with van der Waals surface area (Å²) < 4.78 is 7.27. The highest BCUT2D eigenvalue weighted by Crippen LogP contribution is 2.30. The fourth-order valence-corrected chi connectivity index (χ4v) is 4.21. The van der Waals surface area contributed by atoms with Gasteiger partial charge in [-0.15, -0.1) is 10.2 Å². The van der Waals surface area contributed by atoms with Gasteiger partial charge in [0.2, 0.25) is 0 Å². The molecule has 0 fully saturated rings. The summed E-state index contributed by atoms with van der Waals surface area (Å²) in [5, 5.41) is 10.0. The number of aromatic nitrogens is 3. The average molecular weight is 450 g/mol. The molecule has 156 valence electrons. The normalized spacial score (nSPS) is 10.8. The van der Waals surface area contributed by atoms with E-state index in [4.69, 9.17) is 16.3 Å². The maximum absolute atomic E-state index is 12.8. The maximum atomic E-state index is 12.8. The van der Waals surface area contributed by atoms with E-state index in [0.717, 1.165) is 16.8 Å². The molecule has 0 aliphatic rings. The minimum absolute atomic E-state index is 0.0368. The largest absolute Gasteiger partial charge is 0.496 e. The van der Waals surface area contributed by atoms with Crippen LogP contribution in [0.15, 0.2) is 78.0 Å². The van der Waals surface area contributed by atoms with Crippen LogP contribution in [0.4, 0.5) is 0 Å². The van der Waals surface area contributed by atoms with Crippen molar-refractivity contribution in [1.82, 2.24) is 14.8 Å². The number of aryl methyl sites for hydroxylation is 1. The Labute approximate surface area is 190 Å². The Hall–Kier alpha value is -3.09. The van der Waals surface area contributed by atoms with E-state index < -0.39 is 0 Å². The Morgan fingerprint density at radius 2 is 1.81 bits per heavy atom. The molecule has 1 aromatic heterocycles. The van der Waals surface area contributed by atoms with Crippen LogP contribution in [0.2, 0.25) is 5.02 Å². The van der Waals surface area contributed by atoms with Crippen LogP contribution in [0.3, 0.4) is 0 Å². The molecule has 0 spiro atoms. The summed E-state index contributed by atoms with van der Waals surface area (Å²) in [7, 11) is 1.56. The molecule has 31 heavy (non-hydrogen) atoms. The summed E-state index contributed by atoms with van der Waals surface area (Å²) >= 11 is 7.54. The highest BCUT2D eigenvalue weighted by molar-refractivity contribution is 7.99. The van der Waals surface area contributed by atoms with Crippen LogP contribution in [0, 0.1) is 6.92 Å². The van der Waals surface area contributed by atoms with Gasteiger partial charge in [0.25, 0.3) is 0 Å². The molecule has 0 aliphatic heterocycles. The van der Waals surface area contributed by atoms with E-state index in [0.29, 0.717) is 27.3 Å². The second-order valence-corrected chi connectivity index (χ2v) is 8.28. The lowest BCUT2D eigenvalue weighted by Crippen LogP contribution is -2.06. The van der Waals surface area contributed by atoms with Gasteiger partial charge in [-0.25, -0.2) is 0 Å². The average Bonchev–Trinajstić information content (AvgIpc) is 3.22. The quantitative estimate of drug-likeness (QED) is 0.260. The predicted molar refractivity (Wildman–Crippen MR) is 125 cm³/mol. The third kappa shape index (κ3) is 4.65. The lowest BCUT2D eigenvalue weighted by Gasteiger charge is -2.11. The summed E-state index contributed by atoms with van der Waals surface area (Å²) in [6.45, 7) is 2.04. The number of hydrogen-bond acceptors (Lipinski definition) is 5. The number of methoxy groups -OCH3 is 1. The van der Waals surface area contributed by atoms with Crippen molar-refractivity contribution in [1.29, 1.82) is 0 Å². The van der Waals surface area contributed by atoms with Gasteiger partial charge in [-0.2, -0.15) is 0 Å². The summed E-state index contributed by atoms with van der Waals surface area (Å²) in [5.41, 5.74) is 3.47. The number of benzene rings is 3. The highest BCUT2D eigenvalue weighted by Gasteiger charge is 2.19. The number of hydrogen-bond donors (Lipinski definition) is 0. The van der Waals surface area contributed by atoms with Crippen LogP contribution in [-0.2, 0) is 0 Å². The monoisotopic (exact) mass is 449 g/mol. The van der Waals surface area contributed by atoms with Gasteiger partial charge in [0.1, 0.15) is 5.75 Å². The molecule has 0 radical (unpaired) electrons. The minimum atomic E-state index is -0.0368. The number of ether oxygens (including phenoxy) is 1. The van der Waals surface area contributed by atoms with E-state index >= 15 is 0 Å². The van der Waals surface area contributed by atoms with Crippen molar-refractivity contribution in [2.24, 2.45) is 0 Å². The molecule has 0 amide bonds. The molecule has 0 unspecified atom stereocenters. The number of Topliss-reactive ketones (excluding diaryl/α,β-unsaturated/α-hetero) is 1. The van der Waals surface area contributed by atoms with Crippen LogP contribution in [0.1, 0.15) is 15.9 Å². The van der Waals surface area contributed by atoms with E-state index in [2.05, 4.69) is 10.2 Å². The van der Waals surface area contributed by atoms with Gasteiger partial charge in [-0.05, 0) is 43.3 Å². The predicted octanol–water partition coefficient (Wildman–Crippen LogP) is 5.88. The van der Waals surface area contributed by atoms with Crippen molar-refractivity contribution in [2.75, 3.05) is 12.9 Å². The Bertz CT molecular complexity index is 1220. The molecular weight excluding hydrogens is 430 g/mol. The molecule has 4 aromatic rings. The summed E-state index contributed by atoms with van der Waals surface area (Å²) in [6, 6.07) is 22.8. The van der Waals surface area contributed by atoms with Gasteiger partial charge in [0.05, 0.1) is 18.4 Å². The van der Waals surface area contributed by atoms with E-state index in [1.54, 1.807) is 19.2 Å². The molecule has 3 aromatic carbocycles. The zero-order valence-corrected chi connectivity index (χ0v) is 18.7. The summed E-state index contributed by atoms with van der Waals surface area (Å²) in [5.74, 6) is 1.40. The number of thioether (sulfide) groups is 1. The highest BCUT2D eigenvalue weighted by atomic mass is 35.5. The number of halogens is 1. The number of nitrogens with zero attached hydrogens (tertiary/aromatic N) is 3. The molecule has 0 saturated carbocycles. The van der Waals surface area contributed by atoms with Crippen LogP contribution in [0.25, 0.3) is 17.1 Å². The Kier molecular flexibility index (Phi) is 6.39. The number of carbonyl (C=O) groups excluding carboxylic acids is 1. The zero-order chi connectivity index (χ0) is 21.8. The van der Waals surface area contributed by atoms with Gasteiger partial charge in [0.15, 0.2) is 16.8 Å². The summed E-state index contributed by atoms with van der Waals surface area (Å²) in [4.78, 5) is 12.8. The Balaban J connectivity index is 1.69. The van der Waals surface area contributed by atoms with Crippen LogP contribution >= 0.6 is 23.4 Å². The molecule has 0 atom stereocenters. The SMILES string of the molecule is COc1ccccc1C(=O)CSc1nnc(-c2cccc(Cl)c2)n1-c1ccc(C)cc1. The Morgan fingerprint density at radius 1 is 1.03 bits per heavy atom. The van der Waals surface area contributed by atoms with Crippen molar-refractivity contribution in [3.05, 3.63) is 88.9 Å². The first-order valence-corrected chi connectivity index (χ1v) is 11.0. The number of para-hydroxylation sites is 1. The number of carbonyl (C=O) groups is 1. The van der Waals surface area contributed by atoms with Gasteiger partial charge in [-0.1, -0.05) is 65.3 Å². The molecule has 5 nitrogen and oxygen atoms in total. The first-order chi connectivity index (χ1) is 15.1. The molecule has 0 N–H and O–H groups in total. The van der Waals surface area contributed by atoms with Crippen LogP contribution in [0.5, 0.6) is 5.75 Å². The molecule has 7 heteroatoms. The van der Waals surface area contributed by atoms with Gasteiger partial charge in [0, 0.05) is 16.3 Å². The maximum Gasteiger partial charge on any atom is 0.196 e. The first-order valence-electron chi connectivity index (χ1n) is 9.64. The van der Waals surface area contributed by atoms with Crippen LogP contribution < -0.4 is 4.74 Å². The number of rotatable bonds is 7. The van der Waals surface area contributed by atoms with Gasteiger partial charge >= 0.3 is 0 Å². The molecule has 4 rings (SSSR count). The van der Waals surface area contributed by atoms with Gasteiger partial charge < -0.3 is 4.74 Å². The molecule has 0 saturated heterocycles. The van der Waals surface area contributed by atoms with Crippen molar-refractivity contribution < 1.29 is 9.53 Å². The van der Waals surface area contributed by atoms with Crippen molar-refractivity contribution in [3.8, 4) is 22.8 Å². The van der Waals surface area contributed by atoms with E-state index in [1.807, 2.05) is 72.2 Å². The molecule has 0 aliphatic carbocycles. The van der Waals surface area contributed by atoms with Crippen LogP contribution in [-0.4, -0.2) is 33.4 Å². The molecule has 0 bridgehead atoms. The van der Waals surface area contributed by atoms with Crippen molar-refractivity contribution >= 4 is 29.1 Å². The smallest absolute Gasteiger partial charge is 0.196 e. The van der Waals surface area contributed by atoms with Gasteiger partial charge in [-0.3, -0.25) is 9.36 Å². The minimum Gasteiger partial charge on any atom is -0.496 e. The van der Waals surface area contributed by atoms with Crippen molar-refractivity contribution in [2.45, 2.75) is 12.1 Å². The molecule has 1 heterocycles. The zero-order valence-electron chi connectivity index (χ0n) is 17.1. The lowest BCUT2D eigenvalue weighted by molar-refractivity contribution is 0.101. The van der Waals surface area contributed by atoms with E-state index in [9.17, 15) is 4.79 Å².